The summed E-state index contributed by atoms with van der Waals surface area (Å²) in [5, 5.41) is 6.01. The predicted molar refractivity (Wildman–Crippen MR) is 72.7 cm³/mol. The van der Waals surface area contributed by atoms with Crippen molar-refractivity contribution in [2.24, 2.45) is 5.92 Å². The van der Waals surface area contributed by atoms with Crippen molar-refractivity contribution >= 4 is 11.8 Å². The van der Waals surface area contributed by atoms with Crippen LogP contribution in [-0.2, 0) is 14.3 Å². The van der Waals surface area contributed by atoms with Crippen molar-refractivity contribution in [3.05, 3.63) is 0 Å². The maximum absolute atomic E-state index is 12.1. The highest BCUT2D eigenvalue weighted by Gasteiger charge is 2.24. The molecule has 110 valence electrons. The number of amides is 2. The van der Waals surface area contributed by atoms with Crippen LogP contribution in [0, 0.1) is 5.92 Å². The van der Waals surface area contributed by atoms with Gasteiger partial charge in [0.05, 0.1) is 6.54 Å². The lowest BCUT2D eigenvalue weighted by molar-refractivity contribution is -0.138. The van der Waals surface area contributed by atoms with E-state index >= 15 is 0 Å². The Hall–Kier alpha value is -1.14. The largest absolute Gasteiger partial charge is 0.385 e. The van der Waals surface area contributed by atoms with Gasteiger partial charge in [-0.1, -0.05) is 0 Å². The second kappa shape index (κ2) is 8.87. The zero-order valence-corrected chi connectivity index (χ0v) is 11.9. The van der Waals surface area contributed by atoms with Crippen LogP contribution in [-0.4, -0.2) is 63.7 Å². The highest BCUT2D eigenvalue weighted by Crippen LogP contribution is 2.14. The molecule has 1 heterocycles. The van der Waals surface area contributed by atoms with Crippen LogP contribution in [0.1, 0.15) is 19.3 Å². The number of hydrogen-bond acceptors (Lipinski definition) is 4. The molecule has 1 saturated heterocycles. The van der Waals surface area contributed by atoms with Gasteiger partial charge < -0.3 is 20.3 Å². The van der Waals surface area contributed by atoms with Crippen LogP contribution in [0.4, 0.5) is 0 Å². The smallest absolute Gasteiger partial charge is 0.239 e. The number of nitrogens with one attached hydrogen (secondary N) is 2. The molecule has 0 radical (unpaired) electrons. The Kier molecular flexibility index (Phi) is 7.43. The van der Waals surface area contributed by atoms with E-state index in [4.69, 9.17) is 4.74 Å². The van der Waals surface area contributed by atoms with Crippen LogP contribution in [0.2, 0.25) is 0 Å². The zero-order valence-electron chi connectivity index (χ0n) is 11.9. The van der Waals surface area contributed by atoms with E-state index in [9.17, 15) is 9.59 Å². The molecule has 6 nitrogen and oxygen atoms in total. The van der Waals surface area contributed by atoms with Gasteiger partial charge in [-0.05, 0) is 32.4 Å². The van der Waals surface area contributed by atoms with E-state index in [2.05, 4.69) is 10.6 Å². The molecule has 0 bridgehead atoms. The first-order valence-corrected chi connectivity index (χ1v) is 6.86. The van der Waals surface area contributed by atoms with E-state index in [-0.39, 0.29) is 24.3 Å². The highest BCUT2D eigenvalue weighted by atomic mass is 16.5. The average Bonchev–Trinajstić information content (AvgIpc) is 2.43. The first-order valence-electron chi connectivity index (χ1n) is 6.86. The van der Waals surface area contributed by atoms with E-state index in [1.165, 1.54) is 4.90 Å². The first kappa shape index (κ1) is 15.9. The molecule has 19 heavy (non-hydrogen) atoms. The highest BCUT2D eigenvalue weighted by molar-refractivity contribution is 5.85. The molecule has 2 N–H and O–H groups in total. The van der Waals surface area contributed by atoms with Crippen molar-refractivity contribution in [3.8, 4) is 0 Å². The normalized spacial score (nSPS) is 16.1. The molecule has 0 atom stereocenters. The third-order valence-corrected chi connectivity index (χ3v) is 3.29. The lowest BCUT2D eigenvalue weighted by Crippen LogP contribution is -2.43. The Labute approximate surface area is 114 Å². The van der Waals surface area contributed by atoms with Gasteiger partial charge in [0.25, 0.3) is 0 Å². The zero-order chi connectivity index (χ0) is 14.1. The van der Waals surface area contributed by atoms with Crippen molar-refractivity contribution in [3.63, 3.8) is 0 Å². The fourth-order valence-electron chi connectivity index (χ4n) is 2.17. The summed E-state index contributed by atoms with van der Waals surface area (Å²) in [6.07, 6.45) is 2.51. The fourth-order valence-corrected chi connectivity index (χ4v) is 2.17. The lowest BCUT2D eigenvalue weighted by Gasteiger charge is -2.26. The molecule has 6 heteroatoms. The van der Waals surface area contributed by atoms with Crippen LogP contribution >= 0.6 is 0 Å². The topological polar surface area (TPSA) is 70.7 Å². The van der Waals surface area contributed by atoms with Gasteiger partial charge in [0.15, 0.2) is 0 Å². The molecular formula is C13H25N3O3. The molecule has 2 amide bonds. The molecular weight excluding hydrogens is 246 g/mol. The number of methoxy groups -OCH3 is 1. The van der Waals surface area contributed by atoms with Crippen molar-refractivity contribution in [1.29, 1.82) is 0 Å². The van der Waals surface area contributed by atoms with Gasteiger partial charge in [-0.3, -0.25) is 9.59 Å². The Morgan fingerprint density at radius 1 is 1.37 bits per heavy atom. The number of likely N-dealkylation sites (N-methyl/N-ethyl adjacent to an activating group) is 1. The van der Waals surface area contributed by atoms with Crippen molar-refractivity contribution in [1.82, 2.24) is 15.5 Å². The number of carbonyl (C=O) groups excluding carboxylic acids is 2. The SMILES string of the molecule is COCCCNC(=O)CN(C)C(=O)C1CCNCC1. The first-order chi connectivity index (χ1) is 9.15. The maximum Gasteiger partial charge on any atom is 0.239 e. The molecule has 0 spiro atoms. The van der Waals surface area contributed by atoms with E-state index in [1.54, 1.807) is 14.2 Å². The molecule has 0 aromatic rings. The number of piperidine rings is 1. The van der Waals surface area contributed by atoms with E-state index < -0.39 is 0 Å². The van der Waals surface area contributed by atoms with Gasteiger partial charge in [-0.15, -0.1) is 0 Å². The quantitative estimate of drug-likeness (QED) is 0.618. The van der Waals surface area contributed by atoms with Gasteiger partial charge in [0.2, 0.25) is 11.8 Å². The second-order valence-electron chi connectivity index (χ2n) is 4.91. The standard InChI is InChI=1S/C13H25N3O3/c1-16(10-12(17)15-6-3-9-19-2)13(18)11-4-7-14-8-5-11/h11,14H,3-10H2,1-2H3,(H,15,17). The third-order valence-electron chi connectivity index (χ3n) is 3.29. The molecule has 0 unspecified atom stereocenters. The summed E-state index contributed by atoms with van der Waals surface area (Å²) in [5.41, 5.74) is 0. The molecule has 1 fully saturated rings. The van der Waals surface area contributed by atoms with Crippen LogP contribution in [0.3, 0.4) is 0 Å². The van der Waals surface area contributed by atoms with E-state index in [0.29, 0.717) is 13.2 Å². The summed E-state index contributed by atoms with van der Waals surface area (Å²) in [6, 6.07) is 0. The molecule has 0 aromatic carbocycles. The Morgan fingerprint density at radius 2 is 2.05 bits per heavy atom. The molecule has 1 rings (SSSR count). The Morgan fingerprint density at radius 3 is 2.68 bits per heavy atom. The van der Waals surface area contributed by atoms with Crippen LogP contribution < -0.4 is 10.6 Å². The minimum absolute atomic E-state index is 0.0625. The number of carbonyl (C=O) groups is 2. The van der Waals surface area contributed by atoms with Crippen LogP contribution in [0.15, 0.2) is 0 Å². The van der Waals surface area contributed by atoms with E-state index in [1.807, 2.05) is 0 Å². The van der Waals surface area contributed by atoms with Gasteiger partial charge in [0, 0.05) is 33.2 Å². The summed E-state index contributed by atoms with van der Waals surface area (Å²) < 4.78 is 4.90. The van der Waals surface area contributed by atoms with Gasteiger partial charge in [0.1, 0.15) is 0 Å². The second-order valence-corrected chi connectivity index (χ2v) is 4.91. The summed E-state index contributed by atoms with van der Waals surface area (Å²) >= 11 is 0. The van der Waals surface area contributed by atoms with Crippen LogP contribution in [0.25, 0.3) is 0 Å². The van der Waals surface area contributed by atoms with Crippen molar-refractivity contribution < 1.29 is 14.3 Å². The van der Waals surface area contributed by atoms with Crippen molar-refractivity contribution in [2.45, 2.75) is 19.3 Å². The van der Waals surface area contributed by atoms with Gasteiger partial charge >= 0.3 is 0 Å². The molecule has 0 aromatic heterocycles. The van der Waals surface area contributed by atoms with E-state index in [0.717, 1.165) is 32.4 Å². The number of nitrogens with zero attached hydrogens (tertiary/aromatic N) is 1. The minimum Gasteiger partial charge on any atom is -0.385 e. The minimum atomic E-state index is -0.110. The summed E-state index contributed by atoms with van der Waals surface area (Å²) in [5.74, 6) is 0.0296. The lowest BCUT2D eigenvalue weighted by atomic mass is 9.97. The number of rotatable bonds is 7. The Bertz CT molecular complexity index is 291. The fraction of sp³-hybridized carbons (Fsp3) is 0.846. The summed E-state index contributed by atoms with van der Waals surface area (Å²) in [4.78, 5) is 25.3. The third kappa shape index (κ3) is 6.02. The van der Waals surface area contributed by atoms with Gasteiger partial charge in [-0.2, -0.15) is 0 Å². The molecule has 0 aliphatic carbocycles. The average molecular weight is 271 g/mol. The molecule has 0 saturated carbocycles. The van der Waals surface area contributed by atoms with Crippen LogP contribution in [0.5, 0.6) is 0 Å². The maximum atomic E-state index is 12.1. The predicted octanol–water partition coefficient (Wildman–Crippen LogP) is -0.403. The van der Waals surface area contributed by atoms with Crippen molar-refractivity contribution in [2.75, 3.05) is 46.9 Å². The molecule has 1 aliphatic rings. The van der Waals surface area contributed by atoms with Gasteiger partial charge in [-0.25, -0.2) is 0 Å². The number of hydrogen-bond donors (Lipinski definition) is 2. The Balaban J connectivity index is 2.22. The monoisotopic (exact) mass is 271 g/mol. The summed E-state index contributed by atoms with van der Waals surface area (Å²) in [6.45, 7) is 3.11. The number of ether oxygens (including phenoxy) is 1. The summed E-state index contributed by atoms with van der Waals surface area (Å²) in [7, 11) is 3.33. The molecule has 1 aliphatic heterocycles.